The lowest BCUT2D eigenvalue weighted by Gasteiger charge is -1.98. The monoisotopic (exact) mass is 191 g/mol. The molecule has 0 unspecified atom stereocenters. The van der Waals surface area contributed by atoms with E-state index in [4.69, 9.17) is 10.6 Å². The van der Waals surface area contributed by atoms with Gasteiger partial charge in [-0.05, 0) is 16.7 Å². The van der Waals surface area contributed by atoms with Crippen LogP contribution in [0, 0.1) is 0 Å². The van der Waals surface area contributed by atoms with Crippen molar-refractivity contribution in [2.45, 2.75) is 13.0 Å². The first-order chi connectivity index (χ1) is 6.72. The summed E-state index contributed by atoms with van der Waals surface area (Å²) >= 11 is 0. The van der Waals surface area contributed by atoms with Crippen LogP contribution in [0.4, 0.5) is 0 Å². The fourth-order valence-electron chi connectivity index (χ4n) is 1.05. The molecule has 14 heavy (non-hydrogen) atoms. The van der Waals surface area contributed by atoms with Gasteiger partial charge in [-0.1, -0.05) is 29.4 Å². The third kappa shape index (κ3) is 3.16. The Labute approximate surface area is 80.6 Å². The van der Waals surface area contributed by atoms with Crippen molar-refractivity contribution in [3.05, 3.63) is 45.8 Å². The summed E-state index contributed by atoms with van der Waals surface area (Å²) in [4.78, 5) is 13.0. The summed E-state index contributed by atoms with van der Waals surface area (Å²) in [7, 11) is 0. The Kier molecular flexibility index (Phi) is 3.52. The van der Waals surface area contributed by atoms with Crippen LogP contribution < -0.4 is 0 Å². The van der Waals surface area contributed by atoms with Crippen molar-refractivity contribution in [1.82, 2.24) is 0 Å². The summed E-state index contributed by atoms with van der Waals surface area (Å²) in [6.07, 6.45) is 0.0157. The highest BCUT2D eigenvalue weighted by Gasteiger charge is 1.99. The fourth-order valence-corrected chi connectivity index (χ4v) is 1.05. The second-order valence-corrected chi connectivity index (χ2v) is 2.78. The van der Waals surface area contributed by atoms with Crippen LogP contribution in [0.3, 0.4) is 0 Å². The molecule has 0 spiro atoms. The second kappa shape index (κ2) is 4.89. The molecule has 72 valence electrons. The van der Waals surface area contributed by atoms with E-state index in [0.29, 0.717) is 6.54 Å². The Bertz CT molecular complexity index is 343. The van der Waals surface area contributed by atoms with Gasteiger partial charge >= 0.3 is 5.97 Å². The standard InChI is InChI=1S/C9H9N3O2/c10-12-11-6-8-3-1-7(2-4-8)5-9(13)14/h1-4H,5-6H2,(H,13,14). The van der Waals surface area contributed by atoms with E-state index in [1.807, 2.05) is 0 Å². The Balaban J connectivity index is 2.68. The summed E-state index contributed by atoms with van der Waals surface area (Å²) < 4.78 is 0. The van der Waals surface area contributed by atoms with Gasteiger partial charge in [0.1, 0.15) is 0 Å². The summed E-state index contributed by atoms with van der Waals surface area (Å²) in [5.41, 5.74) is 9.69. The van der Waals surface area contributed by atoms with Gasteiger partial charge in [-0.2, -0.15) is 0 Å². The van der Waals surface area contributed by atoms with Crippen LogP contribution in [0.15, 0.2) is 29.4 Å². The molecule has 1 aromatic carbocycles. The van der Waals surface area contributed by atoms with E-state index in [2.05, 4.69) is 10.0 Å². The minimum Gasteiger partial charge on any atom is -0.481 e. The minimum absolute atomic E-state index is 0.0157. The maximum absolute atomic E-state index is 10.4. The van der Waals surface area contributed by atoms with E-state index < -0.39 is 5.97 Å². The zero-order valence-electron chi connectivity index (χ0n) is 7.42. The summed E-state index contributed by atoms with van der Waals surface area (Å²) in [6.45, 7) is 0.295. The van der Waals surface area contributed by atoms with E-state index in [-0.39, 0.29) is 6.42 Å². The lowest BCUT2D eigenvalue weighted by molar-refractivity contribution is -0.136. The first kappa shape index (κ1) is 10.1. The molecule has 0 aliphatic carbocycles. The fraction of sp³-hybridized carbons (Fsp3) is 0.222. The molecular formula is C9H9N3O2. The number of hydrogen-bond acceptors (Lipinski definition) is 2. The quantitative estimate of drug-likeness (QED) is 0.449. The molecule has 0 atom stereocenters. The van der Waals surface area contributed by atoms with Gasteiger partial charge in [0.2, 0.25) is 0 Å². The van der Waals surface area contributed by atoms with Gasteiger partial charge in [0.15, 0.2) is 0 Å². The van der Waals surface area contributed by atoms with Crippen LogP contribution in [-0.2, 0) is 17.8 Å². The number of carbonyl (C=O) groups is 1. The molecule has 0 saturated carbocycles. The van der Waals surface area contributed by atoms with Gasteiger partial charge in [-0.3, -0.25) is 4.79 Å². The number of azide groups is 1. The Morgan fingerprint density at radius 3 is 2.43 bits per heavy atom. The summed E-state index contributed by atoms with van der Waals surface area (Å²) in [5, 5.41) is 11.9. The molecule has 5 heteroatoms. The lowest BCUT2D eigenvalue weighted by atomic mass is 10.1. The average molecular weight is 191 g/mol. The predicted octanol–water partition coefficient (Wildman–Crippen LogP) is 2.12. The molecule has 0 aromatic heterocycles. The molecule has 1 aromatic rings. The third-order valence-electron chi connectivity index (χ3n) is 1.69. The van der Waals surface area contributed by atoms with E-state index >= 15 is 0 Å². The molecule has 0 fully saturated rings. The summed E-state index contributed by atoms with van der Waals surface area (Å²) in [6, 6.07) is 6.95. The molecular weight excluding hydrogens is 182 g/mol. The number of benzene rings is 1. The average Bonchev–Trinajstić information content (AvgIpc) is 2.16. The topological polar surface area (TPSA) is 86.1 Å². The Hall–Kier alpha value is -2.00. The molecule has 0 aliphatic heterocycles. The molecule has 1 rings (SSSR count). The van der Waals surface area contributed by atoms with Crippen molar-refractivity contribution in [3.63, 3.8) is 0 Å². The molecule has 0 amide bonds. The number of aliphatic carboxylic acids is 1. The maximum atomic E-state index is 10.4. The highest BCUT2D eigenvalue weighted by molar-refractivity contribution is 5.70. The van der Waals surface area contributed by atoms with Gasteiger partial charge in [-0.25, -0.2) is 0 Å². The van der Waals surface area contributed by atoms with Gasteiger partial charge in [0.05, 0.1) is 13.0 Å². The van der Waals surface area contributed by atoms with Gasteiger partial charge in [-0.15, -0.1) is 0 Å². The number of hydrogen-bond donors (Lipinski definition) is 1. The van der Waals surface area contributed by atoms with Crippen LogP contribution >= 0.6 is 0 Å². The highest BCUT2D eigenvalue weighted by atomic mass is 16.4. The van der Waals surface area contributed by atoms with Crippen molar-refractivity contribution in [1.29, 1.82) is 0 Å². The van der Waals surface area contributed by atoms with Crippen LogP contribution in [-0.4, -0.2) is 11.1 Å². The molecule has 0 heterocycles. The van der Waals surface area contributed by atoms with Crippen molar-refractivity contribution in [2.24, 2.45) is 5.11 Å². The number of nitrogens with zero attached hydrogens (tertiary/aromatic N) is 3. The normalized spacial score (nSPS) is 9.14. The Morgan fingerprint density at radius 2 is 1.93 bits per heavy atom. The van der Waals surface area contributed by atoms with Crippen molar-refractivity contribution < 1.29 is 9.90 Å². The van der Waals surface area contributed by atoms with Crippen molar-refractivity contribution in [3.8, 4) is 0 Å². The molecule has 1 N–H and O–H groups in total. The van der Waals surface area contributed by atoms with E-state index in [1.165, 1.54) is 0 Å². The maximum Gasteiger partial charge on any atom is 0.307 e. The van der Waals surface area contributed by atoms with Crippen LogP contribution in [0.2, 0.25) is 0 Å². The molecule has 0 radical (unpaired) electrons. The van der Waals surface area contributed by atoms with Crippen molar-refractivity contribution in [2.75, 3.05) is 0 Å². The number of carboxylic acids is 1. The van der Waals surface area contributed by atoms with E-state index in [0.717, 1.165) is 11.1 Å². The zero-order chi connectivity index (χ0) is 10.4. The number of rotatable bonds is 4. The second-order valence-electron chi connectivity index (χ2n) is 2.78. The molecule has 5 nitrogen and oxygen atoms in total. The zero-order valence-corrected chi connectivity index (χ0v) is 7.42. The first-order valence-corrected chi connectivity index (χ1v) is 4.03. The smallest absolute Gasteiger partial charge is 0.307 e. The van der Waals surface area contributed by atoms with Crippen molar-refractivity contribution >= 4 is 5.97 Å². The molecule has 0 aliphatic rings. The molecule has 0 saturated heterocycles. The SMILES string of the molecule is [N-]=[N+]=NCc1ccc(CC(=O)O)cc1. The van der Waals surface area contributed by atoms with E-state index in [9.17, 15) is 4.79 Å². The predicted molar refractivity (Wildman–Crippen MR) is 50.6 cm³/mol. The van der Waals surface area contributed by atoms with E-state index in [1.54, 1.807) is 24.3 Å². The van der Waals surface area contributed by atoms with Gasteiger partial charge in [0, 0.05) is 4.91 Å². The highest BCUT2D eigenvalue weighted by Crippen LogP contribution is 2.06. The largest absolute Gasteiger partial charge is 0.481 e. The Morgan fingerprint density at radius 1 is 1.36 bits per heavy atom. The van der Waals surface area contributed by atoms with Crippen LogP contribution in [0.25, 0.3) is 10.4 Å². The number of carboxylic acid groups (broad SMARTS) is 1. The first-order valence-electron chi connectivity index (χ1n) is 4.03. The minimum atomic E-state index is -0.854. The lowest BCUT2D eigenvalue weighted by Crippen LogP contribution is -1.99. The summed E-state index contributed by atoms with van der Waals surface area (Å²) in [5.74, 6) is -0.854. The van der Waals surface area contributed by atoms with Gasteiger partial charge < -0.3 is 5.11 Å². The van der Waals surface area contributed by atoms with Crippen LogP contribution in [0.1, 0.15) is 11.1 Å². The molecule has 0 bridgehead atoms. The van der Waals surface area contributed by atoms with Crippen LogP contribution in [0.5, 0.6) is 0 Å². The third-order valence-corrected chi connectivity index (χ3v) is 1.69. The van der Waals surface area contributed by atoms with Gasteiger partial charge in [0.25, 0.3) is 0 Å².